The van der Waals surface area contributed by atoms with E-state index in [9.17, 15) is 8.42 Å². The number of methoxy groups -OCH3 is 2. The number of rotatable bonds is 5. The largest absolute Gasteiger partial charge is 0.354 e. The number of aryl methyl sites for hydroxylation is 1. The summed E-state index contributed by atoms with van der Waals surface area (Å²) in [5.41, 5.74) is 1.04. The van der Waals surface area contributed by atoms with E-state index in [0.717, 1.165) is 18.4 Å². The lowest BCUT2D eigenvalue weighted by atomic mass is 10.2. The molecule has 20 heavy (non-hydrogen) atoms. The summed E-state index contributed by atoms with van der Waals surface area (Å²) in [6, 6.07) is 6.64. The standard InChI is InChI=1S/C14H21NO4S/c1-11-6-8-12(9-7-11)20(16,17)15-10-4-5-13(15)14(18-2)19-3/h6-9,13-14H,4-5,10H2,1-3H3/t13-/m1/s1. The van der Waals surface area contributed by atoms with Gasteiger partial charge in [-0.2, -0.15) is 4.31 Å². The smallest absolute Gasteiger partial charge is 0.243 e. The molecule has 0 N–H and O–H groups in total. The quantitative estimate of drug-likeness (QED) is 0.778. The SMILES string of the molecule is COC(OC)[C@H]1CCCN1S(=O)(=O)c1ccc(C)cc1. The van der Waals surface area contributed by atoms with Crippen molar-refractivity contribution >= 4 is 10.0 Å². The highest BCUT2D eigenvalue weighted by atomic mass is 32.2. The Kier molecular flexibility index (Phi) is 4.80. The average molecular weight is 299 g/mol. The van der Waals surface area contributed by atoms with Crippen LogP contribution in [0, 0.1) is 6.92 Å². The van der Waals surface area contributed by atoms with E-state index < -0.39 is 16.3 Å². The van der Waals surface area contributed by atoms with Gasteiger partial charge in [0, 0.05) is 20.8 Å². The molecule has 1 atom stereocenters. The van der Waals surface area contributed by atoms with Crippen molar-refractivity contribution in [2.45, 2.75) is 37.0 Å². The minimum Gasteiger partial charge on any atom is -0.354 e. The average Bonchev–Trinajstić information content (AvgIpc) is 2.91. The van der Waals surface area contributed by atoms with Crippen molar-refractivity contribution < 1.29 is 17.9 Å². The molecule has 0 saturated carbocycles. The van der Waals surface area contributed by atoms with E-state index in [2.05, 4.69) is 0 Å². The summed E-state index contributed by atoms with van der Waals surface area (Å²) in [6.07, 6.45) is 1.04. The van der Waals surface area contributed by atoms with Crippen LogP contribution < -0.4 is 0 Å². The third kappa shape index (κ3) is 2.88. The first-order chi connectivity index (χ1) is 9.50. The molecular weight excluding hydrogens is 278 g/mol. The maximum atomic E-state index is 12.7. The van der Waals surface area contributed by atoms with Crippen molar-refractivity contribution in [2.75, 3.05) is 20.8 Å². The summed E-state index contributed by atoms with van der Waals surface area (Å²) < 4.78 is 37.4. The molecule has 5 nitrogen and oxygen atoms in total. The van der Waals surface area contributed by atoms with Crippen LogP contribution in [0.25, 0.3) is 0 Å². The first kappa shape index (κ1) is 15.4. The van der Waals surface area contributed by atoms with E-state index in [1.54, 1.807) is 12.1 Å². The zero-order valence-corrected chi connectivity index (χ0v) is 12.9. The van der Waals surface area contributed by atoms with E-state index in [1.807, 2.05) is 19.1 Å². The molecule has 0 bridgehead atoms. The molecule has 1 saturated heterocycles. The van der Waals surface area contributed by atoms with Crippen LogP contribution in [0.2, 0.25) is 0 Å². The Balaban J connectivity index is 2.30. The van der Waals surface area contributed by atoms with Gasteiger partial charge in [-0.25, -0.2) is 8.42 Å². The highest BCUT2D eigenvalue weighted by molar-refractivity contribution is 7.89. The Morgan fingerprint density at radius 3 is 2.35 bits per heavy atom. The molecular formula is C14H21NO4S. The van der Waals surface area contributed by atoms with Gasteiger partial charge in [-0.3, -0.25) is 0 Å². The fourth-order valence-corrected chi connectivity index (χ4v) is 4.27. The van der Waals surface area contributed by atoms with E-state index in [4.69, 9.17) is 9.47 Å². The number of nitrogens with zero attached hydrogens (tertiary/aromatic N) is 1. The number of hydrogen-bond acceptors (Lipinski definition) is 4. The van der Waals surface area contributed by atoms with Crippen molar-refractivity contribution in [3.63, 3.8) is 0 Å². The Bertz CT molecular complexity index is 537. The van der Waals surface area contributed by atoms with Gasteiger partial charge in [0.25, 0.3) is 0 Å². The highest BCUT2D eigenvalue weighted by Crippen LogP contribution is 2.29. The van der Waals surface area contributed by atoms with Crippen molar-refractivity contribution in [1.82, 2.24) is 4.31 Å². The lowest BCUT2D eigenvalue weighted by molar-refractivity contribution is -0.130. The van der Waals surface area contributed by atoms with Gasteiger partial charge in [0.1, 0.15) is 0 Å². The Labute approximate surface area is 120 Å². The molecule has 0 aromatic heterocycles. The zero-order valence-electron chi connectivity index (χ0n) is 12.1. The first-order valence-electron chi connectivity index (χ1n) is 6.65. The van der Waals surface area contributed by atoms with Crippen molar-refractivity contribution in [3.8, 4) is 0 Å². The summed E-state index contributed by atoms with van der Waals surface area (Å²) in [7, 11) is -0.435. The summed E-state index contributed by atoms with van der Waals surface area (Å²) >= 11 is 0. The van der Waals surface area contributed by atoms with Crippen molar-refractivity contribution in [3.05, 3.63) is 29.8 Å². The molecule has 112 valence electrons. The second-order valence-corrected chi connectivity index (χ2v) is 6.87. The third-order valence-corrected chi connectivity index (χ3v) is 5.59. The van der Waals surface area contributed by atoms with Crippen LogP contribution in [-0.2, 0) is 19.5 Å². The van der Waals surface area contributed by atoms with Gasteiger partial charge < -0.3 is 9.47 Å². The van der Waals surface area contributed by atoms with Gasteiger partial charge in [-0.05, 0) is 31.9 Å². The summed E-state index contributed by atoms with van der Waals surface area (Å²) in [5, 5.41) is 0. The predicted octanol–water partition coefficient (Wildman–Crippen LogP) is 1.77. The van der Waals surface area contributed by atoms with Crippen LogP contribution in [-0.4, -0.2) is 45.8 Å². The van der Waals surface area contributed by atoms with Crippen LogP contribution in [0.3, 0.4) is 0 Å². The Morgan fingerprint density at radius 2 is 1.80 bits per heavy atom. The Morgan fingerprint density at radius 1 is 1.20 bits per heavy atom. The molecule has 1 aliphatic heterocycles. The third-order valence-electron chi connectivity index (χ3n) is 3.65. The fourth-order valence-electron chi connectivity index (χ4n) is 2.59. The molecule has 1 aromatic carbocycles. The number of ether oxygens (including phenoxy) is 2. The lowest BCUT2D eigenvalue weighted by Gasteiger charge is -2.29. The normalized spacial score (nSPS) is 20.7. The van der Waals surface area contributed by atoms with Crippen LogP contribution >= 0.6 is 0 Å². The topological polar surface area (TPSA) is 55.8 Å². The number of sulfonamides is 1. The molecule has 2 rings (SSSR count). The van der Waals surface area contributed by atoms with E-state index in [1.165, 1.54) is 18.5 Å². The van der Waals surface area contributed by atoms with E-state index in [0.29, 0.717) is 11.4 Å². The second-order valence-electron chi connectivity index (χ2n) is 4.98. The van der Waals surface area contributed by atoms with Gasteiger partial charge in [-0.1, -0.05) is 17.7 Å². The Hall–Kier alpha value is -0.950. The maximum Gasteiger partial charge on any atom is 0.243 e. The van der Waals surface area contributed by atoms with Crippen LogP contribution in [0.5, 0.6) is 0 Å². The molecule has 1 heterocycles. The van der Waals surface area contributed by atoms with Gasteiger partial charge >= 0.3 is 0 Å². The molecule has 1 aliphatic rings. The molecule has 0 spiro atoms. The molecule has 0 amide bonds. The fraction of sp³-hybridized carbons (Fsp3) is 0.571. The van der Waals surface area contributed by atoms with Gasteiger partial charge in [0.2, 0.25) is 10.0 Å². The van der Waals surface area contributed by atoms with Crippen LogP contribution in [0.1, 0.15) is 18.4 Å². The highest BCUT2D eigenvalue weighted by Gasteiger charge is 2.40. The maximum absolute atomic E-state index is 12.7. The first-order valence-corrected chi connectivity index (χ1v) is 8.09. The predicted molar refractivity (Wildman–Crippen MR) is 75.9 cm³/mol. The molecule has 0 radical (unpaired) electrons. The van der Waals surface area contributed by atoms with Crippen LogP contribution in [0.4, 0.5) is 0 Å². The summed E-state index contributed by atoms with van der Waals surface area (Å²) in [5.74, 6) is 0. The lowest BCUT2D eigenvalue weighted by Crippen LogP contribution is -2.44. The summed E-state index contributed by atoms with van der Waals surface area (Å²) in [6.45, 7) is 2.44. The minimum absolute atomic E-state index is 0.267. The van der Waals surface area contributed by atoms with Gasteiger partial charge in [-0.15, -0.1) is 0 Å². The van der Waals surface area contributed by atoms with Gasteiger partial charge in [0.15, 0.2) is 6.29 Å². The number of hydrogen-bond donors (Lipinski definition) is 0. The van der Waals surface area contributed by atoms with Gasteiger partial charge in [0.05, 0.1) is 10.9 Å². The van der Waals surface area contributed by atoms with Crippen LogP contribution in [0.15, 0.2) is 29.2 Å². The summed E-state index contributed by atoms with van der Waals surface area (Å²) in [4.78, 5) is 0.320. The molecule has 0 aliphatic carbocycles. The molecule has 1 aromatic rings. The molecule has 0 unspecified atom stereocenters. The monoisotopic (exact) mass is 299 g/mol. The zero-order chi connectivity index (χ0) is 14.8. The van der Waals surface area contributed by atoms with E-state index in [-0.39, 0.29) is 6.04 Å². The van der Waals surface area contributed by atoms with Crippen molar-refractivity contribution in [2.24, 2.45) is 0 Å². The minimum atomic E-state index is -3.50. The number of benzene rings is 1. The van der Waals surface area contributed by atoms with E-state index >= 15 is 0 Å². The second kappa shape index (κ2) is 6.22. The molecule has 6 heteroatoms. The van der Waals surface area contributed by atoms with Crippen molar-refractivity contribution in [1.29, 1.82) is 0 Å². The molecule has 1 fully saturated rings.